The van der Waals surface area contributed by atoms with Crippen molar-refractivity contribution in [2.75, 3.05) is 13.2 Å². The molecule has 4 heteroatoms. The highest BCUT2D eigenvalue weighted by atomic mass is 16.5. The summed E-state index contributed by atoms with van der Waals surface area (Å²) in [6.07, 6.45) is 4.82. The predicted molar refractivity (Wildman–Crippen MR) is 86.2 cm³/mol. The number of nitrogens with zero attached hydrogens (tertiary/aromatic N) is 2. The normalized spacial score (nSPS) is 18.7. The third kappa shape index (κ3) is 3.88. The largest absolute Gasteiger partial charge is 0.494 e. The first-order valence-corrected chi connectivity index (χ1v) is 7.81. The first-order valence-electron chi connectivity index (χ1n) is 7.81. The van der Waals surface area contributed by atoms with Crippen LogP contribution in [0, 0.1) is 11.3 Å². The van der Waals surface area contributed by atoms with Gasteiger partial charge >= 0.3 is 0 Å². The number of carbonyl (C=O) groups excluding carboxylic acids is 1. The van der Waals surface area contributed by atoms with E-state index >= 15 is 0 Å². The van der Waals surface area contributed by atoms with E-state index < -0.39 is 0 Å². The smallest absolute Gasteiger partial charge is 0.264 e. The third-order valence-corrected chi connectivity index (χ3v) is 3.92. The number of carbonyl (C=O) groups is 1. The van der Waals surface area contributed by atoms with Gasteiger partial charge in [-0.15, -0.1) is 0 Å². The third-order valence-electron chi connectivity index (χ3n) is 3.92. The molecule has 0 spiro atoms. The number of hydrogen-bond acceptors (Lipinski definition) is 3. The van der Waals surface area contributed by atoms with Crippen LogP contribution in [0.2, 0.25) is 0 Å². The van der Waals surface area contributed by atoms with Gasteiger partial charge in [0.15, 0.2) is 0 Å². The molecule has 1 aliphatic heterocycles. The lowest BCUT2D eigenvalue weighted by Crippen LogP contribution is -2.42. The molecule has 0 bridgehead atoms. The van der Waals surface area contributed by atoms with Crippen molar-refractivity contribution in [3.63, 3.8) is 0 Å². The Hall–Kier alpha value is -2.28. The molecule has 1 aromatic carbocycles. The number of hydrogen-bond donors (Lipinski definition) is 0. The predicted octanol–water partition coefficient (Wildman–Crippen LogP) is 3.39. The van der Waals surface area contributed by atoms with Gasteiger partial charge in [-0.1, -0.05) is 12.1 Å². The second kappa shape index (κ2) is 7.65. The van der Waals surface area contributed by atoms with Gasteiger partial charge in [0.25, 0.3) is 5.91 Å². The van der Waals surface area contributed by atoms with E-state index in [-0.39, 0.29) is 17.5 Å². The molecule has 0 saturated carbocycles. The lowest BCUT2D eigenvalue weighted by atomic mass is 10.0. The summed E-state index contributed by atoms with van der Waals surface area (Å²) in [6.45, 7) is 5.33. The quantitative estimate of drug-likeness (QED) is 0.632. The molecule has 1 unspecified atom stereocenters. The van der Waals surface area contributed by atoms with Gasteiger partial charge in [0.2, 0.25) is 0 Å². The van der Waals surface area contributed by atoms with Crippen molar-refractivity contribution in [3.05, 3.63) is 35.4 Å². The number of nitriles is 1. The van der Waals surface area contributed by atoms with Crippen LogP contribution < -0.4 is 4.74 Å². The van der Waals surface area contributed by atoms with Crippen LogP contribution in [0.5, 0.6) is 5.75 Å². The van der Waals surface area contributed by atoms with Crippen molar-refractivity contribution >= 4 is 12.0 Å². The molecule has 4 nitrogen and oxygen atoms in total. The topological polar surface area (TPSA) is 53.3 Å². The summed E-state index contributed by atoms with van der Waals surface area (Å²) >= 11 is 0. The zero-order chi connectivity index (χ0) is 15.9. The van der Waals surface area contributed by atoms with Gasteiger partial charge in [-0.25, -0.2) is 0 Å². The fourth-order valence-electron chi connectivity index (χ4n) is 2.69. The van der Waals surface area contributed by atoms with Gasteiger partial charge in [0.1, 0.15) is 17.4 Å². The average Bonchev–Trinajstić information content (AvgIpc) is 2.54. The molecule has 1 amide bonds. The molecule has 1 saturated heterocycles. The van der Waals surface area contributed by atoms with E-state index in [1.54, 1.807) is 6.08 Å². The zero-order valence-electron chi connectivity index (χ0n) is 13.2. The van der Waals surface area contributed by atoms with E-state index in [9.17, 15) is 10.1 Å². The second-order valence-corrected chi connectivity index (χ2v) is 5.52. The van der Waals surface area contributed by atoms with E-state index in [0.717, 1.165) is 37.1 Å². The van der Waals surface area contributed by atoms with Gasteiger partial charge in [0, 0.05) is 12.6 Å². The van der Waals surface area contributed by atoms with Gasteiger partial charge in [0.05, 0.1) is 6.61 Å². The summed E-state index contributed by atoms with van der Waals surface area (Å²) in [4.78, 5) is 14.3. The fourth-order valence-corrected chi connectivity index (χ4v) is 2.69. The Labute approximate surface area is 132 Å². The summed E-state index contributed by atoms with van der Waals surface area (Å²) in [6, 6.07) is 9.66. The number of benzene rings is 1. The Kier molecular flexibility index (Phi) is 5.60. The fraction of sp³-hybridized carbons (Fsp3) is 0.444. The standard InChI is InChI=1S/C18H22N2O2/c1-3-22-17-9-7-15(8-10-17)12-16(13-19)18(21)20-11-5-4-6-14(20)2/h7-10,12,14H,3-6,11H2,1-2H3/b16-12+. The molecule has 0 aromatic heterocycles. The van der Waals surface area contributed by atoms with Crippen LogP contribution in [0.4, 0.5) is 0 Å². The van der Waals surface area contributed by atoms with Gasteiger partial charge in [-0.3, -0.25) is 4.79 Å². The minimum Gasteiger partial charge on any atom is -0.494 e. The van der Waals surface area contributed by atoms with Crippen LogP contribution in [0.15, 0.2) is 29.8 Å². The Bertz CT molecular complexity index is 584. The summed E-state index contributed by atoms with van der Waals surface area (Å²) in [7, 11) is 0. The lowest BCUT2D eigenvalue weighted by molar-refractivity contribution is -0.129. The summed E-state index contributed by atoms with van der Waals surface area (Å²) in [5.41, 5.74) is 1.02. The number of rotatable bonds is 4. The molecule has 1 fully saturated rings. The highest BCUT2D eigenvalue weighted by molar-refractivity contribution is 6.01. The van der Waals surface area contributed by atoms with E-state index in [2.05, 4.69) is 0 Å². The van der Waals surface area contributed by atoms with Gasteiger partial charge in [-0.05, 0) is 56.9 Å². The van der Waals surface area contributed by atoms with Crippen LogP contribution in [0.25, 0.3) is 6.08 Å². The maximum absolute atomic E-state index is 12.5. The minimum absolute atomic E-state index is 0.163. The highest BCUT2D eigenvalue weighted by Gasteiger charge is 2.25. The van der Waals surface area contributed by atoms with Crippen molar-refractivity contribution in [1.82, 2.24) is 4.90 Å². The lowest BCUT2D eigenvalue weighted by Gasteiger charge is -2.33. The second-order valence-electron chi connectivity index (χ2n) is 5.52. The van der Waals surface area contributed by atoms with Crippen LogP contribution in [0.3, 0.4) is 0 Å². The van der Waals surface area contributed by atoms with E-state index in [1.165, 1.54) is 0 Å². The van der Waals surface area contributed by atoms with Crippen molar-refractivity contribution < 1.29 is 9.53 Å². The highest BCUT2D eigenvalue weighted by Crippen LogP contribution is 2.20. The number of amides is 1. The molecule has 1 aromatic rings. The van der Waals surface area contributed by atoms with Crippen LogP contribution in [0.1, 0.15) is 38.7 Å². The van der Waals surface area contributed by atoms with Gasteiger partial charge < -0.3 is 9.64 Å². The van der Waals surface area contributed by atoms with Crippen molar-refractivity contribution in [2.45, 2.75) is 39.2 Å². The van der Waals surface area contributed by atoms with Crippen LogP contribution in [-0.4, -0.2) is 30.0 Å². The van der Waals surface area contributed by atoms with E-state index in [1.807, 2.05) is 49.1 Å². The molecule has 1 heterocycles. The molecule has 1 aliphatic rings. The molecular formula is C18H22N2O2. The number of piperidine rings is 1. The molecular weight excluding hydrogens is 276 g/mol. The molecule has 116 valence electrons. The van der Waals surface area contributed by atoms with E-state index in [4.69, 9.17) is 4.74 Å². The van der Waals surface area contributed by atoms with Crippen LogP contribution >= 0.6 is 0 Å². The first-order chi connectivity index (χ1) is 10.7. The van der Waals surface area contributed by atoms with Crippen molar-refractivity contribution in [3.8, 4) is 11.8 Å². The maximum atomic E-state index is 12.5. The molecule has 0 radical (unpaired) electrons. The Morgan fingerprint density at radius 1 is 1.41 bits per heavy atom. The molecule has 22 heavy (non-hydrogen) atoms. The average molecular weight is 298 g/mol. The summed E-state index contributed by atoms with van der Waals surface area (Å²) in [5, 5.41) is 9.32. The molecule has 0 aliphatic carbocycles. The molecule has 0 N–H and O–H groups in total. The Balaban J connectivity index is 2.16. The van der Waals surface area contributed by atoms with Crippen molar-refractivity contribution in [1.29, 1.82) is 5.26 Å². The Morgan fingerprint density at radius 2 is 2.14 bits per heavy atom. The first kappa shape index (κ1) is 16.1. The monoisotopic (exact) mass is 298 g/mol. The van der Waals surface area contributed by atoms with Gasteiger partial charge in [-0.2, -0.15) is 5.26 Å². The summed E-state index contributed by atoms with van der Waals surface area (Å²) < 4.78 is 5.39. The number of likely N-dealkylation sites (tertiary alicyclic amines) is 1. The Morgan fingerprint density at radius 3 is 2.73 bits per heavy atom. The maximum Gasteiger partial charge on any atom is 0.264 e. The summed E-state index contributed by atoms with van der Waals surface area (Å²) in [5.74, 6) is 0.623. The van der Waals surface area contributed by atoms with Crippen molar-refractivity contribution in [2.24, 2.45) is 0 Å². The zero-order valence-corrected chi connectivity index (χ0v) is 13.2. The number of ether oxygens (including phenoxy) is 1. The molecule has 2 rings (SSSR count). The van der Waals surface area contributed by atoms with E-state index in [0.29, 0.717) is 6.61 Å². The SMILES string of the molecule is CCOc1ccc(/C=C(\C#N)C(=O)N2CCCCC2C)cc1. The molecule has 1 atom stereocenters. The van der Waals surface area contributed by atoms with Crippen LogP contribution in [-0.2, 0) is 4.79 Å². The minimum atomic E-state index is -0.163.